The van der Waals surface area contributed by atoms with E-state index in [1.807, 2.05) is 30.3 Å². The van der Waals surface area contributed by atoms with Crippen LogP contribution in [0.4, 0.5) is 10.6 Å². The number of benzene rings is 1. The van der Waals surface area contributed by atoms with E-state index in [1.54, 1.807) is 39.1 Å². The molecular formula is C18H20N2O3. The Morgan fingerprint density at radius 3 is 2.48 bits per heavy atom. The number of hydrogen-bond donors (Lipinski definition) is 0. The molecule has 0 aliphatic heterocycles. The first kappa shape index (κ1) is 16.7. The third-order valence-electron chi connectivity index (χ3n) is 3.00. The van der Waals surface area contributed by atoms with Gasteiger partial charge in [0.15, 0.2) is 6.29 Å². The van der Waals surface area contributed by atoms with Crippen LogP contribution in [0.15, 0.2) is 48.7 Å². The molecular weight excluding hydrogens is 292 g/mol. The summed E-state index contributed by atoms with van der Waals surface area (Å²) in [5.74, 6) is 0.292. The van der Waals surface area contributed by atoms with Gasteiger partial charge in [-0.15, -0.1) is 0 Å². The van der Waals surface area contributed by atoms with Gasteiger partial charge in [0.1, 0.15) is 11.4 Å². The van der Waals surface area contributed by atoms with Crippen molar-refractivity contribution in [3.05, 3.63) is 59.8 Å². The Morgan fingerprint density at radius 2 is 1.87 bits per heavy atom. The summed E-state index contributed by atoms with van der Waals surface area (Å²) < 4.78 is 5.46. The van der Waals surface area contributed by atoms with Gasteiger partial charge in [0, 0.05) is 6.20 Å². The first-order valence-corrected chi connectivity index (χ1v) is 7.35. The zero-order chi connectivity index (χ0) is 16.9. The number of pyridine rings is 1. The number of aromatic nitrogens is 1. The normalized spacial score (nSPS) is 10.9. The number of anilines is 1. The van der Waals surface area contributed by atoms with Gasteiger partial charge in [-0.1, -0.05) is 30.3 Å². The minimum Gasteiger partial charge on any atom is -0.443 e. The number of carbonyl (C=O) groups is 2. The van der Waals surface area contributed by atoms with Crippen molar-refractivity contribution in [2.24, 2.45) is 0 Å². The topological polar surface area (TPSA) is 59.5 Å². The third-order valence-corrected chi connectivity index (χ3v) is 3.00. The van der Waals surface area contributed by atoms with Crippen LogP contribution in [0.3, 0.4) is 0 Å². The van der Waals surface area contributed by atoms with Crippen LogP contribution in [0.5, 0.6) is 0 Å². The lowest BCUT2D eigenvalue weighted by molar-refractivity contribution is 0.0576. The molecule has 1 aromatic carbocycles. The second-order valence-corrected chi connectivity index (χ2v) is 6.09. The molecule has 23 heavy (non-hydrogen) atoms. The van der Waals surface area contributed by atoms with E-state index >= 15 is 0 Å². The second-order valence-electron chi connectivity index (χ2n) is 6.09. The Morgan fingerprint density at radius 1 is 1.17 bits per heavy atom. The van der Waals surface area contributed by atoms with Crippen molar-refractivity contribution >= 4 is 18.2 Å². The van der Waals surface area contributed by atoms with Crippen LogP contribution in [-0.2, 0) is 11.3 Å². The summed E-state index contributed by atoms with van der Waals surface area (Å²) in [5.41, 5.74) is 0.623. The molecule has 0 aliphatic carbocycles. The smallest absolute Gasteiger partial charge is 0.416 e. The molecule has 5 nitrogen and oxygen atoms in total. The van der Waals surface area contributed by atoms with Crippen LogP contribution < -0.4 is 4.90 Å². The predicted octanol–water partition coefficient (Wildman–Crippen LogP) is 3.84. The molecule has 0 unspecified atom stereocenters. The van der Waals surface area contributed by atoms with Gasteiger partial charge in [0.2, 0.25) is 0 Å². The highest BCUT2D eigenvalue weighted by atomic mass is 16.6. The van der Waals surface area contributed by atoms with Crippen molar-refractivity contribution in [3.63, 3.8) is 0 Å². The Hall–Kier alpha value is -2.69. The lowest BCUT2D eigenvalue weighted by Gasteiger charge is -2.27. The van der Waals surface area contributed by atoms with Gasteiger partial charge in [-0.05, 0) is 38.5 Å². The summed E-state index contributed by atoms with van der Waals surface area (Å²) in [5, 5.41) is 0. The van der Waals surface area contributed by atoms with E-state index in [4.69, 9.17) is 4.74 Å². The molecule has 2 aromatic rings. The molecule has 0 saturated heterocycles. The van der Waals surface area contributed by atoms with E-state index < -0.39 is 11.7 Å². The molecule has 1 aromatic heterocycles. The Balaban J connectivity index is 2.38. The molecule has 0 aliphatic rings. The summed E-state index contributed by atoms with van der Waals surface area (Å²) >= 11 is 0. The number of carbonyl (C=O) groups excluding carboxylic acids is 2. The fraction of sp³-hybridized carbons (Fsp3) is 0.278. The Labute approximate surface area is 135 Å². The van der Waals surface area contributed by atoms with Crippen molar-refractivity contribution in [2.75, 3.05) is 4.90 Å². The van der Waals surface area contributed by atoms with Crippen molar-refractivity contribution < 1.29 is 14.3 Å². The highest BCUT2D eigenvalue weighted by molar-refractivity contribution is 5.93. The number of rotatable bonds is 4. The van der Waals surface area contributed by atoms with E-state index in [9.17, 15) is 9.59 Å². The van der Waals surface area contributed by atoms with Gasteiger partial charge in [0.25, 0.3) is 0 Å². The molecule has 0 spiro atoms. The van der Waals surface area contributed by atoms with Gasteiger partial charge in [-0.2, -0.15) is 0 Å². The molecule has 0 saturated carbocycles. The highest BCUT2D eigenvalue weighted by Gasteiger charge is 2.26. The van der Waals surface area contributed by atoms with Gasteiger partial charge in [-0.3, -0.25) is 9.69 Å². The fourth-order valence-electron chi connectivity index (χ4n) is 2.04. The van der Waals surface area contributed by atoms with Crippen molar-refractivity contribution in [1.29, 1.82) is 0 Å². The standard InChI is InChI=1S/C18H20N2O3/c1-18(2,3)23-17(22)20(12-14-8-5-4-6-9-14)16-15(13-21)10-7-11-19-16/h4-11,13H,12H2,1-3H3. The fourth-order valence-corrected chi connectivity index (χ4v) is 2.04. The monoisotopic (exact) mass is 312 g/mol. The number of nitrogens with zero attached hydrogens (tertiary/aromatic N) is 2. The van der Waals surface area contributed by atoms with Gasteiger partial charge < -0.3 is 4.74 Å². The van der Waals surface area contributed by atoms with E-state index in [0.717, 1.165) is 5.56 Å². The lowest BCUT2D eigenvalue weighted by atomic mass is 10.2. The van der Waals surface area contributed by atoms with Crippen LogP contribution in [0, 0.1) is 0 Å². The van der Waals surface area contributed by atoms with E-state index in [1.165, 1.54) is 4.90 Å². The van der Waals surface area contributed by atoms with Crippen LogP contribution in [0.1, 0.15) is 36.7 Å². The molecule has 0 fully saturated rings. The van der Waals surface area contributed by atoms with Crippen LogP contribution >= 0.6 is 0 Å². The Kier molecular flexibility index (Phi) is 5.11. The molecule has 1 heterocycles. The number of aldehydes is 1. The summed E-state index contributed by atoms with van der Waals surface area (Å²) in [7, 11) is 0. The average Bonchev–Trinajstić information content (AvgIpc) is 2.52. The summed E-state index contributed by atoms with van der Waals surface area (Å²) in [6, 6.07) is 12.8. The van der Waals surface area contributed by atoms with Gasteiger partial charge >= 0.3 is 6.09 Å². The molecule has 0 atom stereocenters. The SMILES string of the molecule is CC(C)(C)OC(=O)N(Cc1ccccc1)c1ncccc1C=O. The zero-order valence-corrected chi connectivity index (χ0v) is 13.5. The molecule has 0 bridgehead atoms. The molecule has 120 valence electrons. The quantitative estimate of drug-likeness (QED) is 0.805. The zero-order valence-electron chi connectivity index (χ0n) is 13.5. The summed E-state index contributed by atoms with van der Waals surface area (Å²) in [6.07, 6.45) is 1.69. The van der Waals surface area contributed by atoms with Crippen molar-refractivity contribution in [3.8, 4) is 0 Å². The first-order valence-electron chi connectivity index (χ1n) is 7.35. The molecule has 5 heteroatoms. The van der Waals surface area contributed by atoms with Crippen molar-refractivity contribution in [2.45, 2.75) is 32.9 Å². The predicted molar refractivity (Wildman–Crippen MR) is 88.5 cm³/mol. The largest absolute Gasteiger partial charge is 0.443 e. The van der Waals surface area contributed by atoms with Crippen LogP contribution in [0.25, 0.3) is 0 Å². The maximum atomic E-state index is 12.6. The number of amides is 1. The van der Waals surface area contributed by atoms with Gasteiger partial charge in [0.05, 0.1) is 12.1 Å². The van der Waals surface area contributed by atoms with Crippen molar-refractivity contribution in [1.82, 2.24) is 4.98 Å². The maximum Gasteiger partial charge on any atom is 0.416 e. The highest BCUT2D eigenvalue weighted by Crippen LogP contribution is 2.21. The van der Waals surface area contributed by atoms with Crippen LogP contribution in [0.2, 0.25) is 0 Å². The Bertz CT molecular complexity index is 678. The number of ether oxygens (including phenoxy) is 1. The number of hydrogen-bond acceptors (Lipinski definition) is 4. The summed E-state index contributed by atoms with van der Waals surface area (Å²) in [4.78, 5) is 29.4. The molecule has 0 N–H and O–H groups in total. The molecule has 1 amide bonds. The lowest BCUT2D eigenvalue weighted by Crippen LogP contribution is -2.37. The molecule has 2 rings (SSSR count). The minimum atomic E-state index is -0.637. The van der Waals surface area contributed by atoms with Gasteiger partial charge in [-0.25, -0.2) is 9.78 Å². The first-order chi connectivity index (χ1) is 10.9. The minimum absolute atomic E-state index is 0.271. The third kappa shape index (κ3) is 4.64. The molecule has 0 radical (unpaired) electrons. The second kappa shape index (κ2) is 7.05. The van der Waals surface area contributed by atoms with E-state index in [2.05, 4.69) is 4.98 Å². The van der Waals surface area contributed by atoms with E-state index in [0.29, 0.717) is 17.7 Å². The summed E-state index contributed by atoms with van der Waals surface area (Å²) in [6.45, 7) is 5.66. The van der Waals surface area contributed by atoms with Crippen LogP contribution in [-0.4, -0.2) is 23.0 Å². The van der Waals surface area contributed by atoms with E-state index in [-0.39, 0.29) is 6.54 Å². The average molecular weight is 312 g/mol. The maximum absolute atomic E-state index is 12.6.